The lowest BCUT2D eigenvalue weighted by Gasteiger charge is -2.06. The van der Waals surface area contributed by atoms with Crippen LogP contribution in [0.1, 0.15) is 43.1 Å². The van der Waals surface area contributed by atoms with Gasteiger partial charge < -0.3 is 9.30 Å². The second kappa shape index (κ2) is 5.48. The molecule has 0 N–H and O–H groups in total. The third kappa shape index (κ3) is 2.78. The highest BCUT2D eigenvalue weighted by Gasteiger charge is 2.16. The van der Waals surface area contributed by atoms with Crippen LogP contribution in [0.5, 0.6) is 0 Å². The number of nitrogens with zero attached hydrogens (tertiary/aromatic N) is 3. The number of rotatable bonds is 5. The van der Waals surface area contributed by atoms with Crippen molar-refractivity contribution in [3.05, 3.63) is 11.6 Å². The summed E-state index contributed by atoms with van der Waals surface area (Å²) in [6.07, 6.45) is 2.07. The average molecular weight is 211 g/mol. The number of ether oxygens (including phenoxy) is 1. The average Bonchev–Trinajstić information content (AvgIpc) is 2.57. The standard InChI is InChI=1S/C10H17N3O2/c1-4-6-7-13-8(3)11-12-9(13)10(14)15-5-2/h4-7H2,1-3H3. The van der Waals surface area contributed by atoms with Gasteiger partial charge in [-0.15, -0.1) is 10.2 Å². The van der Waals surface area contributed by atoms with Gasteiger partial charge in [-0.25, -0.2) is 4.79 Å². The zero-order valence-corrected chi connectivity index (χ0v) is 9.49. The molecule has 1 aromatic heterocycles. The third-order valence-corrected chi connectivity index (χ3v) is 2.13. The van der Waals surface area contributed by atoms with Crippen molar-refractivity contribution in [3.63, 3.8) is 0 Å². The van der Waals surface area contributed by atoms with Crippen molar-refractivity contribution in [2.24, 2.45) is 0 Å². The Balaban J connectivity index is 2.82. The van der Waals surface area contributed by atoms with Crippen LogP contribution in [0.4, 0.5) is 0 Å². The summed E-state index contributed by atoms with van der Waals surface area (Å²) in [5, 5.41) is 7.71. The molecule has 1 rings (SSSR count). The lowest BCUT2D eigenvalue weighted by molar-refractivity contribution is 0.0505. The number of carbonyl (C=O) groups is 1. The van der Waals surface area contributed by atoms with E-state index < -0.39 is 5.97 Å². The molecular formula is C10H17N3O2. The molecule has 0 bridgehead atoms. The normalized spacial score (nSPS) is 10.3. The summed E-state index contributed by atoms with van der Waals surface area (Å²) >= 11 is 0. The molecule has 0 saturated carbocycles. The number of hydrogen-bond acceptors (Lipinski definition) is 4. The van der Waals surface area contributed by atoms with E-state index in [1.807, 2.05) is 11.5 Å². The maximum absolute atomic E-state index is 11.5. The van der Waals surface area contributed by atoms with Crippen molar-refractivity contribution >= 4 is 5.97 Å². The molecule has 0 amide bonds. The highest BCUT2D eigenvalue weighted by Crippen LogP contribution is 2.05. The van der Waals surface area contributed by atoms with Gasteiger partial charge in [-0.3, -0.25) is 0 Å². The summed E-state index contributed by atoms with van der Waals surface area (Å²) < 4.78 is 6.71. The zero-order chi connectivity index (χ0) is 11.3. The van der Waals surface area contributed by atoms with Crippen molar-refractivity contribution in [1.82, 2.24) is 14.8 Å². The van der Waals surface area contributed by atoms with E-state index in [9.17, 15) is 4.79 Å². The van der Waals surface area contributed by atoms with Crippen LogP contribution in [0.15, 0.2) is 0 Å². The van der Waals surface area contributed by atoms with Gasteiger partial charge in [0.15, 0.2) is 0 Å². The zero-order valence-electron chi connectivity index (χ0n) is 9.49. The van der Waals surface area contributed by atoms with Gasteiger partial charge in [0.25, 0.3) is 0 Å². The minimum Gasteiger partial charge on any atom is -0.460 e. The number of unbranched alkanes of at least 4 members (excludes halogenated alkanes) is 1. The molecule has 0 aliphatic heterocycles. The van der Waals surface area contributed by atoms with Gasteiger partial charge in [-0.2, -0.15) is 0 Å². The summed E-state index contributed by atoms with van der Waals surface area (Å²) in [6, 6.07) is 0. The van der Waals surface area contributed by atoms with E-state index in [4.69, 9.17) is 4.74 Å². The largest absolute Gasteiger partial charge is 0.460 e. The molecule has 0 spiro atoms. The lowest BCUT2D eigenvalue weighted by Crippen LogP contribution is -2.14. The highest BCUT2D eigenvalue weighted by molar-refractivity contribution is 5.85. The molecule has 0 aromatic carbocycles. The van der Waals surface area contributed by atoms with Crippen molar-refractivity contribution in [1.29, 1.82) is 0 Å². The molecule has 0 fully saturated rings. The summed E-state index contributed by atoms with van der Waals surface area (Å²) in [5.74, 6) is 0.670. The fraction of sp³-hybridized carbons (Fsp3) is 0.700. The van der Waals surface area contributed by atoms with Crippen LogP contribution in [0.2, 0.25) is 0 Å². The maximum Gasteiger partial charge on any atom is 0.376 e. The monoisotopic (exact) mass is 211 g/mol. The quantitative estimate of drug-likeness (QED) is 0.693. The first-order valence-corrected chi connectivity index (χ1v) is 5.27. The van der Waals surface area contributed by atoms with Gasteiger partial charge >= 0.3 is 5.97 Å². The Bertz CT molecular complexity index is 333. The smallest absolute Gasteiger partial charge is 0.376 e. The summed E-state index contributed by atoms with van der Waals surface area (Å²) in [4.78, 5) is 11.5. The molecule has 0 aliphatic rings. The first kappa shape index (κ1) is 11.7. The van der Waals surface area contributed by atoms with E-state index in [-0.39, 0.29) is 0 Å². The number of aromatic nitrogens is 3. The van der Waals surface area contributed by atoms with E-state index in [1.54, 1.807) is 6.92 Å². The number of aryl methyl sites for hydroxylation is 1. The Kier molecular flexibility index (Phi) is 4.27. The SMILES string of the molecule is CCCCn1c(C)nnc1C(=O)OCC. The predicted molar refractivity (Wildman–Crippen MR) is 55.6 cm³/mol. The van der Waals surface area contributed by atoms with E-state index in [1.165, 1.54) is 0 Å². The molecule has 84 valence electrons. The third-order valence-electron chi connectivity index (χ3n) is 2.13. The van der Waals surface area contributed by atoms with Gasteiger partial charge in [0.1, 0.15) is 5.82 Å². The first-order valence-electron chi connectivity index (χ1n) is 5.27. The van der Waals surface area contributed by atoms with Crippen LogP contribution in [-0.4, -0.2) is 27.3 Å². The Morgan fingerprint density at radius 3 is 2.73 bits per heavy atom. The molecule has 0 unspecified atom stereocenters. The molecule has 0 radical (unpaired) electrons. The van der Waals surface area contributed by atoms with Gasteiger partial charge in [0, 0.05) is 6.54 Å². The number of carbonyl (C=O) groups excluding carboxylic acids is 1. The van der Waals surface area contributed by atoms with Gasteiger partial charge in [0.05, 0.1) is 6.61 Å². The molecule has 1 heterocycles. The van der Waals surface area contributed by atoms with Crippen LogP contribution < -0.4 is 0 Å². The van der Waals surface area contributed by atoms with Crippen LogP contribution in [0.25, 0.3) is 0 Å². The Morgan fingerprint density at radius 2 is 2.13 bits per heavy atom. The number of hydrogen-bond donors (Lipinski definition) is 0. The molecule has 0 aliphatic carbocycles. The number of esters is 1. The van der Waals surface area contributed by atoms with E-state index in [2.05, 4.69) is 17.1 Å². The fourth-order valence-electron chi connectivity index (χ4n) is 1.31. The van der Waals surface area contributed by atoms with Crippen LogP contribution in [0, 0.1) is 6.92 Å². The predicted octanol–water partition coefficient (Wildman–Crippen LogP) is 1.56. The second-order valence-corrected chi connectivity index (χ2v) is 3.30. The van der Waals surface area contributed by atoms with Gasteiger partial charge in [-0.1, -0.05) is 13.3 Å². The van der Waals surface area contributed by atoms with Crippen molar-refractivity contribution in [3.8, 4) is 0 Å². The molecule has 5 heteroatoms. The van der Waals surface area contributed by atoms with E-state index in [0.29, 0.717) is 12.4 Å². The van der Waals surface area contributed by atoms with Crippen LogP contribution in [0.3, 0.4) is 0 Å². The maximum atomic E-state index is 11.5. The van der Waals surface area contributed by atoms with Crippen molar-refractivity contribution < 1.29 is 9.53 Å². The van der Waals surface area contributed by atoms with Crippen molar-refractivity contribution in [2.45, 2.75) is 40.2 Å². The van der Waals surface area contributed by atoms with Gasteiger partial charge in [0.2, 0.25) is 5.82 Å². The first-order chi connectivity index (χ1) is 7.20. The topological polar surface area (TPSA) is 57.0 Å². The van der Waals surface area contributed by atoms with Crippen LogP contribution in [-0.2, 0) is 11.3 Å². The summed E-state index contributed by atoms with van der Waals surface area (Å²) in [7, 11) is 0. The van der Waals surface area contributed by atoms with Crippen LogP contribution >= 0.6 is 0 Å². The minimum absolute atomic E-state index is 0.308. The summed E-state index contributed by atoms with van der Waals surface area (Å²) in [5.41, 5.74) is 0. The fourth-order valence-corrected chi connectivity index (χ4v) is 1.31. The molecule has 15 heavy (non-hydrogen) atoms. The second-order valence-electron chi connectivity index (χ2n) is 3.30. The Morgan fingerprint density at radius 1 is 1.40 bits per heavy atom. The van der Waals surface area contributed by atoms with Gasteiger partial charge in [-0.05, 0) is 20.3 Å². The van der Waals surface area contributed by atoms with Crippen molar-refractivity contribution in [2.75, 3.05) is 6.61 Å². The lowest BCUT2D eigenvalue weighted by atomic mass is 10.3. The molecule has 1 aromatic rings. The Hall–Kier alpha value is -1.39. The Labute approximate surface area is 89.5 Å². The molecule has 5 nitrogen and oxygen atoms in total. The highest BCUT2D eigenvalue weighted by atomic mass is 16.5. The molecule has 0 saturated heterocycles. The molecular weight excluding hydrogens is 194 g/mol. The molecule has 0 atom stereocenters. The van der Waals surface area contributed by atoms with E-state index in [0.717, 1.165) is 25.2 Å². The summed E-state index contributed by atoms with van der Waals surface area (Å²) in [6.45, 7) is 6.84. The van der Waals surface area contributed by atoms with E-state index >= 15 is 0 Å². The minimum atomic E-state index is -0.394.